The van der Waals surface area contributed by atoms with Crippen molar-refractivity contribution in [3.05, 3.63) is 24.6 Å². The van der Waals surface area contributed by atoms with Crippen LogP contribution < -0.4 is 17.2 Å². The Labute approximate surface area is 186 Å². The standard InChI is InChI=1S/C14H26N2O6.C8H17N/c1-2-3-4-5-6-7-8-22-12(14(16)21)10(18)9(17)11(19)13(15)20;1-2-3-4-5-6-7-8-9/h7-12,17-19H,2-6H2,1H3,(H2,15,20)(H2,16,21);7-8H,2-6,9H2,1H3/b2*8-7+/t9-,10-,11-,12+;/m0./s1. The number of ether oxygens (including phenoxy) is 1. The molecule has 0 heterocycles. The molecular formula is C22H43N3O6. The summed E-state index contributed by atoms with van der Waals surface area (Å²) in [5.41, 5.74) is 15.0. The molecule has 0 saturated carbocycles. The highest BCUT2D eigenvalue weighted by atomic mass is 16.5. The van der Waals surface area contributed by atoms with Crippen LogP contribution in [0, 0.1) is 0 Å². The minimum atomic E-state index is -2.03. The van der Waals surface area contributed by atoms with Gasteiger partial charge in [0, 0.05) is 0 Å². The number of primary amides is 2. The van der Waals surface area contributed by atoms with Gasteiger partial charge in [-0.05, 0) is 38.0 Å². The molecule has 0 saturated heterocycles. The zero-order chi connectivity index (χ0) is 24.1. The van der Waals surface area contributed by atoms with Gasteiger partial charge < -0.3 is 37.3 Å². The molecule has 0 aromatic carbocycles. The number of hydrogen-bond donors (Lipinski definition) is 6. The summed E-state index contributed by atoms with van der Waals surface area (Å²) in [5.74, 6) is -2.28. The van der Waals surface area contributed by atoms with E-state index in [1.54, 1.807) is 12.3 Å². The van der Waals surface area contributed by atoms with Gasteiger partial charge in [-0.2, -0.15) is 0 Å². The minimum absolute atomic E-state index is 0.730. The largest absolute Gasteiger partial charge is 0.486 e. The van der Waals surface area contributed by atoms with E-state index in [9.17, 15) is 24.9 Å². The van der Waals surface area contributed by atoms with E-state index in [1.807, 2.05) is 6.08 Å². The van der Waals surface area contributed by atoms with Crippen LogP contribution in [0.5, 0.6) is 0 Å². The topological polar surface area (TPSA) is 182 Å². The molecule has 9 heteroatoms. The van der Waals surface area contributed by atoms with E-state index in [1.165, 1.54) is 31.9 Å². The number of aliphatic hydroxyl groups excluding tert-OH is 3. The summed E-state index contributed by atoms with van der Waals surface area (Å²) >= 11 is 0. The maximum Gasteiger partial charge on any atom is 0.261 e. The Hall–Kier alpha value is -2.10. The zero-order valence-corrected chi connectivity index (χ0v) is 19.0. The highest BCUT2D eigenvalue weighted by Crippen LogP contribution is 2.10. The van der Waals surface area contributed by atoms with Gasteiger partial charge in [-0.25, -0.2) is 0 Å². The summed E-state index contributed by atoms with van der Waals surface area (Å²) in [5, 5.41) is 28.6. The predicted molar refractivity (Wildman–Crippen MR) is 121 cm³/mol. The molecule has 9 nitrogen and oxygen atoms in total. The number of aliphatic hydroxyl groups is 3. The summed E-state index contributed by atoms with van der Waals surface area (Å²) in [6.07, 6.45) is 10.5. The molecule has 4 atom stereocenters. The van der Waals surface area contributed by atoms with E-state index in [2.05, 4.69) is 13.8 Å². The third kappa shape index (κ3) is 17.3. The van der Waals surface area contributed by atoms with Crippen LogP contribution in [0.4, 0.5) is 0 Å². The first-order chi connectivity index (χ1) is 14.7. The molecule has 0 aliphatic rings. The van der Waals surface area contributed by atoms with Gasteiger partial charge in [0.25, 0.3) is 5.91 Å². The van der Waals surface area contributed by atoms with Gasteiger partial charge >= 0.3 is 0 Å². The quantitative estimate of drug-likeness (QED) is 0.144. The number of carbonyl (C=O) groups is 2. The maximum atomic E-state index is 11.2. The number of allylic oxidation sites excluding steroid dienone is 2. The molecule has 0 aliphatic carbocycles. The predicted octanol–water partition coefficient (Wildman–Crippen LogP) is 1.34. The molecule has 0 bridgehead atoms. The molecule has 0 rings (SSSR count). The first kappa shape index (κ1) is 31.1. The normalized spacial score (nSPS) is 15.1. The summed E-state index contributed by atoms with van der Waals surface area (Å²) in [6.45, 7) is 4.32. The minimum Gasteiger partial charge on any atom is -0.486 e. The second kappa shape index (κ2) is 21.1. The zero-order valence-electron chi connectivity index (χ0n) is 19.0. The average Bonchev–Trinajstić information content (AvgIpc) is 2.74. The lowest BCUT2D eigenvalue weighted by Gasteiger charge is -2.25. The molecule has 0 spiro atoms. The van der Waals surface area contributed by atoms with Crippen molar-refractivity contribution < 1.29 is 29.6 Å². The van der Waals surface area contributed by atoms with Crippen molar-refractivity contribution >= 4 is 11.8 Å². The Kier molecular flexibility index (Phi) is 21.2. The summed E-state index contributed by atoms with van der Waals surface area (Å²) in [7, 11) is 0. The summed E-state index contributed by atoms with van der Waals surface area (Å²) in [4.78, 5) is 22.0. The fourth-order valence-electron chi connectivity index (χ4n) is 2.53. The van der Waals surface area contributed by atoms with E-state index >= 15 is 0 Å². The van der Waals surface area contributed by atoms with E-state index < -0.39 is 36.2 Å². The third-order valence-electron chi connectivity index (χ3n) is 4.46. The maximum absolute atomic E-state index is 11.2. The first-order valence-electron chi connectivity index (χ1n) is 11.0. The van der Waals surface area contributed by atoms with Crippen LogP contribution in [-0.2, 0) is 14.3 Å². The highest BCUT2D eigenvalue weighted by molar-refractivity contribution is 5.81. The fourth-order valence-corrected chi connectivity index (χ4v) is 2.53. The number of hydrogen-bond acceptors (Lipinski definition) is 7. The van der Waals surface area contributed by atoms with Crippen molar-refractivity contribution in [1.29, 1.82) is 0 Å². The molecular weight excluding hydrogens is 402 g/mol. The average molecular weight is 446 g/mol. The molecule has 31 heavy (non-hydrogen) atoms. The van der Waals surface area contributed by atoms with Crippen molar-refractivity contribution in [2.45, 2.75) is 102 Å². The van der Waals surface area contributed by atoms with Crippen LogP contribution in [0.15, 0.2) is 24.6 Å². The van der Waals surface area contributed by atoms with Gasteiger partial charge in [0.05, 0.1) is 6.26 Å². The van der Waals surface area contributed by atoms with Gasteiger partial charge in [0.2, 0.25) is 12.0 Å². The van der Waals surface area contributed by atoms with Crippen LogP contribution in [0.25, 0.3) is 0 Å². The van der Waals surface area contributed by atoms with Crippen molar-refractivity contribution in [3.8, 4) is 0 Å². The first-order valence-corrected chi connectivity index (χ1v) is 11.0. The van der Waals surface area contributed by atoms with Crippen LogP contribution in [0.2, 0.25) is 0 Å². The fraction of sp³-hybridized carbons (Fsp3) is 0.727. The number of unbranched alkanes of at least 4 members (excludes halogenated alkanes) is 8. The molecule has 0 fully saturated rings. The SMILES string of the molecule is CCCCCC/C=C/N.CCCCCC/C=C/O[C@@H](C(N)=O)[C@@H](O)[C@H](O)[C@H](O)C(N)=O. The summed E-state index contributed by atoms with van der Waals surface area (Å²) in [6, 6.07) is 0. The lowest BCUT2D eigenvalue weighted by Crippen LogP contribution is -2.53. The smallest absolute Gasteiger partial charge is 0.261 e. The monoisotopic (exact) mass is 445 g/mol. The number of nitrogens with two attached hydrogens (primary N) is 3. The van der Waals surface area contributed by atoms with E-state index in [0.717, 1.165) is 38.5 Å². The Morgan fingerprint density at radius 3 is 1.74 bits per heavy atom. The van der Waals surface area contributed by atoms with Gasteiger partial charge in [0.1, 0.15) is 12.2 Å². The lowest BCUT2D eigenvalue weighted by molar-refractivity contribution is -0.152. The van der Waals surface area contributed by atoms with Crippen LogP contribution >= 0.6 is 0 Å². The molecule has 0 unspecified atom stereocenters. The van der Waals surface area contributed by atoms with Gasteiger partial charge in [-0.1, -0.05) is 58.4 Å². The molecule has 0 radical (unpaired) electrons. The number of rotatable bonds is 17. The van der Waals surface area contributed by atoms with Crippen LogP contribution in [0.3, 0.4) is 0 Å². The van der Waals surface area contributed by atoms with Crippen molar-refractivity contribution in [1.82, 2.24) is 0 Å². The van der Waals surface area contributed by atoms with Crippen LogP contribution in [-0.4, -0.2) is 51.5 Å². The van der Waals surface area contributed by atoms with Crippen molar-refractivity contribution in [2.24, 2.45) is 17.2 Å². The molecule has 182 valence electrons. The van der Waals surface area contributed by atoms with E-state index in [-0.39, 0.29) is 0 Å². The lowest BCUT2D eigenvalue weighted by atomic mass is 10.0. The second-order valence-corrected chi connectivity index (χ2v) is 7.29. The van der Waals surface area contributed by atoms with Gasteiger partial charge in [0.15, 0.2) is 6.10 Å². The molecule has 0 aromatic heterocycles. The summed E-state index contributed by atoms with van der Waals surface area (Å²) < 4.78 is 4.99. The molecule has 0 aliphatic heterocycles. The Morgan fingerprint density at radius 2 is 1.32 bits per heavy atom. The van der Waals surface area contributed by atoms with Gasteiger partial charge in [-0.15, -0.1) is 0 Å². The highest BCUT2D eigenvalue weighted by Gasteiger charge is 2.37. The molecule has 9 N–H and O–H groups in total. The number of carbonyl (C=O) groups excluding carboxylic acids is 2. The Bertz CT molecular complexity index is 513. The van der Waals surface area contributed by atoms with E-state index in [4.69, 9.17) is 21.9 Å². The molecule has 2 amide bonds. The van der Waals surface area contributed by atoms with Crippen LogP contribution in [0.1, 0.15) is 78.1 Å². The van der Waals surface area contributed by atoms with Crippen molar-refractivity contribution in [2.75, 3.05) is 0 Å². The molecule has 0 aromatic rings. The van der Waals surface area contributed by atoms with Gasteiger partial charge in [-0.3, -0.25) is 9.59 Å². The third-order valence-corrected chi connectivity index (χ3v) is 4.46. The van der Waals surface area contributed by atoms with E-state index in [0.29, 0.717) is 0 Å². The Morgan fingerprint density at radius 1 is 0.806 bits per heavy atom. The second-order valence-electron chi connectivity index (χ2n) is 7.29. The number of amides is 2. The van der Waals surface area contributed by atoms with Crippen molar-refractivity contribution in [3.63, 3.8) is 0 Å². The Balaban J connectivity index is 0.